The van der Waals surface area contributed by atoms with Crippen LogP contribution in [0, 0.1) is 0 Å². The molecule has 0 aliphatic heterocycles. The molecule has 0 amide bonds. The fourth-order valence-electron chi connectivity index (χ4n) is 4.39. The Balaban J connectivity index is 6.10. The van der Waals surface area contributed by atoms with Crippen LogP contribution in [0.1, 0.15) is 19.8 Å². The minimum absolute atomic E-state index is 0.783. The van der Waals surface area contributed by atoms with Gasteiger partial charge in [-0.2, -0.15) is 110 Å². The summed E-state index contributed by atoms with van der Waals surface area (Å²) in [5.41, 5.74) is 0. The van der Waals surface area contributed by atoms with Gasteiger partial charge in [0.1, 0.15) is 0 Å². The van der Waals surface area contributed by atoms with E-state index in [9.17, 15) is 110 Å². The Kier molecular flexibility index (Phi) is 13.7. The van der Waals surface area contributed by atoms with Crippen LogP contribution in [0.5, 0.6) is 0 Å². The molecule has 0 aliphatic carbocycles. The Morgan fingerprint density at radius 1 is 0.340 bits per heavy atom. The third kappa shape index (κ3) is 9.19. The van der Waals surface area contributed by atoms with Crippen molar-refractivity contribution in [2.24, 2.45) is 0 Å². The summed E-state index contributed by atoms with van der Waals surface area (Å²) in [6, 6.07) is -3.06. The quantitative estimate of drug-likeness (QED) is 0.0950. The van der Waals surface area contributed by atoms with Gasteiger partial charge in [-0.15, -0.1) is 0 Å². The van der Waals surface area contributed by atoms with Crippen LogP contribution >= 0.6 is 0 Å². The summed E-state index contributed by atoms with van der Waals surface area (Å²) in [6.45, 7) is 3.84. The fraction of sp³-hybridized carbons (Fsp3) is 1.00. The normalized spacial score (nSPS) is 16.8. The van der Waals surface area contributed by atoms with Crippen molar-refractivity contribution in [2.75, 3.05) is 0 Å². The van der Waals surface area contributed by atoms with Gasteiger partial charge in [0.15, 0.2) is 16.6 Å². The van der Waals surface area contributed by atoms with E-state index in [1.807, 2.05) is 0 Å². The van der Waals surface area contributed by atoms with Gasteiger partial charge in [0, 0.05) is 19.8 Å². The van der Waals surface area contributed by atoms with E-state index in [4.69, 9.17) is 8.23 Å². The van der Waals surface area contributed by atoms with E-state index in [0.29, 0.717) is 0 Å². The summed E-state index contributed by atoms with van der Waals surface area (Å²) in [6.07, 6.45) is -12.9. The van der Waals surface area contributed by atoms with Crippen molar-refractivity contribution >= 4 is 25.2 Å². The van der Waals surface area contributed by atoms with Gasteiger partial charge in [0.25, 0.3) is 0 Å². The van der Waals surface area contributed by atoms with Crippen molar-refractivity contribution in [1.82, 2.24) is 0 Å². The first-order valence-corrected chi connectivity index (χ1v) is 23.0. The van der Waals surface area contributed by atoms with Gasteiger partial charge in [-0.05, 0) is 51.4 Å². The fourth-order valence-corrected chi connectivity index (χ4v) is 18.2. The SMILES string of the molecule is CC(F)(F)C(F)(F)C(F)(F)C(F)(F)C(F)(F)C(F)(F)CC[Si](C)(C)O[Si](C)(C)O[Si](C)(C)CCC(F)(F)C(F)(F)C(F)(F)C(F)(F)C(F)(F)C(F)(F)F. The predicted octanol–water partition coefficient (Wildman–Crippen LogP) is 12.5. The Bertz CT molecular complexity index is 1180. The van der Waals surface area contributed by atoms with Crippen LogP contribution in [0.25, 0.3) is 0 Å². The molecule has 0 radical (unpaired) electrons. The zero-order chi connectivity index (χ0) is 43.7. The number of halogens is 25. The van der Waals surface area contributed by atoms with E-state index in [0.717, 1.165) is 39.3 Å². The van der Waals surface area contributed by atoms with Crippen LogP contribution in [0.15, 0.2) is 0 Å². The third-order valence-corrected chi connectivity index (χ3v) is 18.6. The summed E-state index contributed by atoms with van der Waals surface area (Å²) in [4.78, 5) is 0. The molecular formula is C23H29F25O2Si3. The number of rotatable bonds is 19. The summed E-state index contributed by atoms with van der Waals surface area (Å²) >= 11 is 0. The molecule has 0 rings (SSSR count). The Hall–Kier alpha value is -1.18. The lowest BCUT2D eigenvalue weighted by molar-refractivity contribution is -0.439. The predicted molar refractivity (Wildman–Crippen MR) is 140 cm³/mol. The summed E-state index contributed by atoms with van der Waals surface area (Å²) < 4.78 is 350. The zero-order valence-corrected chi connectivity index (χ0v) is 30.6. The highest BCUT2D eigenvalue weighted by Crippen LogP contribution is 2.62. The van der Waals surface area contributed by atoms with Crippen LogP contribution in [0.2, 0.25) is 51.4 Å². The molecule has 0 atom stereocenters. The average molecular weight is 897 g/mol. The van der Waals surface area contributed by atoms with Gasteiger partial charge in [-0.25, -0.2) is 0 Å². The van der Waals surface area contributed by atoms with Crippen LogP contribution in [0.3, 0.4) is 0 Å². The molecule has 0 aliphatic rings. The Labute approximate surface area is 286 Å². The molecule has 0 saturated heterocycles. The molecular weight excluding hydrogens is 867 g/mol. The van der Waals surface area contributed by atoms with Crippen molar-refractivity contribution in [3.63, 3.8) is 0 Å². The number of hydrogen-bond donors (Lipinski definition) is 0. The first-order valence-electron chi connectivity index (χ1n) is 14.0. The minimum Gasteiger partial charge on any atom is -0.437 e. The van der Waals surface area contributed by atoms with Gasteiger partial charge < -0.3 is 8.23 Å². The second-order valence-electron chi connectivity index (χ2n) is 13.5. The van der Waals surface area contributed by atoms with E-state index in [1.54, 1.807) is 0 Å². The second kappa shape index (κ2) is 14.0. The van der Waals surface area contributed by atoms with Gasteiger partial charge in [0.05, 0.1) is 0 Å². The molecule has 0 N–H and O–H groups in total. The first-order chi connectivity index (χ1) is 22.3. The standard InChI is InChI=1S/C23H29F25O2Si3/c1-12(24,25)15(30,31)18(36,37)19(38,39)16(32,33)13(26,27)8-10-51(2,3)49-53(6,7)50-52(4,5)11-9-14(28,29)17(34,35)20(40,41)21(42,43)22(44,45)23(46,47)48/h8-11H2,1-7H3. The molecule has 0 spiro atoms. The zero-order valence-electron chi connectivity index (χ0n) is 27.6. The average Bonchev–Trinajstić information content (AvgIpc) is 2.87. The van der Waals surface area contributed by atoms with Crippen molar-refractivity contribution < 1.29 is 118 Å². The molecule has 53 heavy (non-hydrogen) atoms. The second-order valence-corrected chi connectivity index (χ2v) is 26.0. The van der Waals surface area contributed by atoms with Crippen molar-refractivity contribution in [3.8, 4) is 0 Å². The molecule has 2 nitrogen and oxygen atoms in total. The lowest BCUT2D eigenvalue weighted by Gasteiger charge is -2.42. The lowest BCUT2D eigenvalue weighted by Crippen LogP contribution is -2.70. The molecule has 320 valence electrons. The molecule has 0 unspecified atom stereocenters. The van der Waals surface area contributed by atoms with Gasteiger partial charge >= 0.3 is 79.9 Å². The van der Waals surface area contributed by atoms with Crippen LogP contribution < -0.4 is 0 Å². The monoisotopic (exact) mass is 896 g/mol. The van der Waals surface area contributed by atoms with E-state index >= 15 is 0 Å². The summed E-state index contributed by atoms with van der Waals surface area (Å²) in [7, 11) is -12.5. The highest BCUT2D eigenvalue weighted by molar-refractivity contribution is 6.87. The van der Waals surface area contributed by atoms with Crippen molar-refractivity contribution in [3.05, 3.63) is 0 Å². The molecule has 0 aromatic heterocycles. The van der Waals surface area contributed by atoms with Gasteiger partial charge in [-0.3, -0.25) is 0 Å². The summed E-state index contributed by atoms with van der Waals surface area (Å²) in [5.74, 6) is -81.2. The largest absolute Gasteiger partial charge is 0.460 e. The van der Waals surface area contributed by atoms with Gasteiger partial charge in [-0.1, -0.05) is 0 Å². The lowest BCUT2D eigenvalue weighted by atomic mass is 9.91. The van der Waals surface area contributed by atoms with Crippen molar-refractivity contribution in [1.29, 1.82) is 0 Å². The topological polar surface area (TPSA) is 18.5 Å². The van der Waals surface area contributed by atoms with Crippen LogP contribution in [-0.2, 0) is 8.23 Å². The van der Waals surface area contributed by atoms with Gasteiger partial charge in [0.2, 0.25) is 0 Å². The van der Waals surface area contributed by atoms with Crippen molar-refractivity contribution in [2.45, 2.75) is 142 Å². The Morgan fingerprint density at radius 3 is 0.792 bits per heavy atom. The maximum atomic E-state index is 14.4. The van der Waals surface area contributed by atoms with E-state index in [1.165, 1.54) is 0 Å². The molecule has 0 aromatic carbocycles. The highest BCUT2D eigenvalue weighted by atomic mass is 28.5. The molecule has 0 bridgehead atoms. The molecule has 0 fully saturated rings. The smallest absolute Gasteiger partial charge is 0.437 e. The minimum atomic E-state index is -8.15. The molecule has 30 heteroatoms. The Morgan fingerprint density at radius 2 is 0.566 bits per heavy atom. The molecule has 0 heterocycles. The third-order valence-electron chi connectivity index (χ3n) is 7.32. The van der Waals surface area contributed by atoms with Crippen LogP contribution in [-0.4, -0.2) is 96.5 Å². The van der Waals surface area contributed by atoms with E-state index in [-0.39, 0.29) is 0 Å². The van der Waals surface area contributed by atoms with Crippen LogP contribution in [0.4, 0.5) is 110 Å². The molecule has 0 aromatic rings. The molecule has 0 saturated carbocycles. The summed E-state index contributed by atoms with van der Waals surface area (Å²) in [5, 5.41) is 0. The van der Waals surface area contributed by atoms with E-state index < -0.39 is 128 Å². The number of hydrogen-bond acceptors (Lipinski definition) is 2. The van der Waals surface area contributed by atoms with E-state index in [2.05, 4.69) is 0 Å². The maximum Gasteiger partial charge on any atom is 0.460 e. The highest BCUT2D eigenvalue weighted by Gasteiger charge is 2.91. The number of alkyl halides is 25. The first kappa shape index (κ1) is 51.8. The maximum absolute atomic E-state index is 14.4.